The predicted molar refractivity (Wildman–Crippen MR) is 141 cm³/mol. The quantitative estimate of drug-likeness (QED) is 0.428. The number of aryl methyl sites for hydroxylation is 2. The zero-order valence-corrected chi connectivity index (χ0v) is 22.0. The normalized spacial score (nSPS) is 13.9. The van der Waals surface area contributed by atoms with E-state index in [1.54, 1.807) is 11.0 Å². The second-order valence-electron chi connectivity index (χ2n) is 10.3. The van der Waals surface area contributed by atoms with Gasteiger partial charge in [-0.15, -0.1) is 0 Å². The highest BCUT2D eigenvalue weighted by Gasteiger charge is 2.36. The number of carboxylic acid groups (broad SMARTS) is 1. The molecule has 1 amide bonds. The number of nitrogens with zero attached hydrogens (tertiary/aromatic N) is 1. The lowest BCUT2D eigenvalue weighted by molar-refractivity contribution is -0.160. The fraction of sp³-hybridized carbons (Fsp3) is 0.333. The lowest BCUT2D eigenvalue weighted by Crippen LogP contribution is -2.30. The largest absolute Gasteiger partial charge is 0.494 e. The first kappa shape index (κ1) is 26.4. The van der Waals surface area contributed by atoms with Crippen LogP contribution in [0.5, 0.6) is 5.75 Å². The first-order valence-electron chi connectivity index (χ1n) is 12.2. The summed E-state index contributed by atoms with van der Waals surface area (Å²) in [6.45, 7) is 9.60. The van der Waals surface area contributed by atoms with Crippen LogP contribution in [0.3, 0.4) is 0 Å². The van der Waals surface area contributed by atoms with E-state index in [1.165, 1.54) is 19.2 Å². The van der Waals surface area contributed by atoms with E-state index in [0.717, 1.165) is 22.3 Å². The summed E-state index contributed by atoms with van der Waals surface area (Å²) in [4.78, 5) is 27.6. The molecule has 0 aromatic heterocycles. The lowest BCUT2D eigenvalue weighted by Gasteiger charge is -2.29. The summed E-state index contributed by atoms with van der Waals surface area (Å²) in [5, 5.41) is 10.2. The standard InChI is InChI=1S/C30H32FNO5/c1-17-10-12-19(13-11-17)25-20-14-15-32(28(33)21-8-7-9-23(36-6)26(21)31)22(20)16-18(2)24(25)27(29(34)35)37-30(3,4)5/h7-13,16,27H,14-15H2,1-6H3,(H,34,35)/t27-/m0/s1. The molecule has 0 bridgehead atoms. The van der Waals surface area contributed by atoms with Crippen molar-refractivity contribution in [1.82, 2.24) is 0 Å². The van der Waals surface area contributed by atoms with Gasteiger partial charge in [0.1, 0.15) is 0 Å². The molecule has 1 aliphatic rings. The van der Waals surface area contributed by atoms with E-state index in [4.69, 9.17) is 9.47 Å². The van der Waals surface area contributed by atoms with Crippen LogP contribution in [0.1, 0.15) is 59.5 Å². The molecule has 1 atom stereocenters. The Kier molecular flexibility index (Phi) is 7.11. The molecule has 3 aromatic carbocycles. The molecule has 0 spiro atoms. The summed E-state index contributed by atoms with van der Waals surface area (Å²) < 4.78 is 26.1. The van der Waals surface area contributed by atoms with E-state index in [1.807, 2.05) is 65.0 Å². The van der Waals surface area contributed by atoms with Crippen LogP contribution in [-0.2, 0) is 16.0 Å². The Morgan fingerprint density at radius 1 is 1.08 bits per heavy atom. The van der Waals surface area contributed by atoms with Crippen molar-refractivity contribution in [2.45, 2.75) is 52.7 Å². The van der Waals surface area contributed by atoms with Crippen molar-refractivity contribution in [2.75, 3.05) is 18.6 Å². The molecular weight excluding hydrogens is 473 g/mol. The van der Waals surface area contributed by atoms with Crippen LogP contribution >= 0.6 is 0 Å². The average Bonchev–Trinajstić information content (AvgIpc) is 3.25. The summed E-state index contributed by atoms with van der Waals surface area (Å²) in [6, 6.07) is 14.2. The first-order valence-corrected chi connectivity index (χ1v) is 12.2. The Hall–Kier alpha value is -3.71. The highest BCUT2D eigenvalue weighted by atomic mass is 19.1. The summed E-state index contributed by atoms with van der Waals surface area (Å²) in [6.07, 6.45) is -0.715. The van der Waals surface area contributed by atoms with Crippen LogP contribution in [0, 0.1) is 19.7 Å². The molecule has 1 heterocycles. The van der Waals surface area contributed by atoms with Crippen molar-refractivity contribution >= 4 is 17.6 Å². The minimum Gasteiger partial charge on any atom is -0.494 e. The summed E-state index contributed by atoms with van der Waals surface area (Å²) in [5.74, 6) is -2.27. The minimum atomic E-state index is -1.21. The number of carboxylic acids is 1. The number of carbonyl (C=O) groups excluding carboxylic acids is 1. The van der Waals surface area contributed by atoms with Crippen LogP contribution in [0.25, 0.3) is 11.1 Å². The third kappa shape index (κ3) is 5.09. The van der Waals surface area contributed by atoms with Gasteiger partial charge in [-0.05, 0) is 81.5 Å². The number of rotatable bonds is 6. The fourth-order valence-corrected chi connectivity index (χ4v) is 4.86. The molecular formula is C30H32FNO5. The molecule has 194 valence electrons. The Morgan fingerprint density at radius 2 is 1.76 bits per heavy atom. The second-order valence-corrected chi connectivity index (χ2v) is 10.3. The zero-order chi connectivity index (χ0) is 27.1. The van der Waals surface area contributed by atoms with E-state index in [2.05, 4.69) is 0 Å². The predicted octanol–water partition coefficient (Wildman–Crippen LogP) is 6.26. The molecule has 37 heavy (non-hydrogen) atoms. The minimum absolute atomic E-state index is 0.000715. The molecule has 7 heteroatoms. The van der Waals surface area contributed by atoms with Crippen molar-refractivity contribution in [3.8, 4) is 16.9 Å². The van der Waals surface area contributed by atoms with Crippen molar-refractivity contribution in [3.05, 3.63) is 82.2 Å². The number of aliphatic carboxylic acids is 1. The molecule has 1 N–H and O–H groups in total. The SMILES string of the molecule is COc1cccc(C(=O)N2CCc3c2cc(C)c([C@H](OC(C)(C)C)C(=O)O)c3-c2ccc(C)cc2)c1F. The maximum absolute atomic E-state index is 15.0. The van der Waals surface area contributed by atoms with E-state index in [0.29, 0.717) is 29.8 Å². The van der Waals surface area contributed by atoms with Crippen molar-refractivity contribution in [1.29, 1.82) is 0 Å². The third-order valence-electron chi connectivity index (χ3n) is 6.49. The number of fused-ring (bicyclic) bond motifs is 1. The number of anilines is 1. The average molecular weight is 506 g/mol. The fourth-order valence-electron chi connectivity index (χ4n) is 4.86. The maximum atomic E-state index is 15.0. The lowest BCUT2D eigenvalue weighted by atomic mass is 9.86. The Bertz CT molecular complexity index is 1360. The van der Waals surface area contributed by atoms with Crippen molar-refractivity contribution in [3.63, 3.8) is 0 Å². The highest BCUT2D eigenvalue weighted by molar-refractivity contribution is 6.08. The van der Waals surface area contributed by atoms with Gasteiger partial charge in [-0.3, -0.25) is 4.79 Å². The smallest absolute Gasteiger partial charge is 0.337 e. The van der Waals surface area contributed by atoms with E-state index in [9.17, 15) is 19.1 Å². The number of ether oxygens (including phenoxy) is 2. The van der Waals surface area contributed by atoms with Gasteiger partial charge in [0.05, 0.1) is 18.3 Å². The molecule has 1 aliphatic heterocycles. The van der Waals surface area contributed by atoms with Crippen molar-refractivity contribution in [2.24, 2.45) is 0 Å². The van der Waals surface area contributed by atoms with Gasteiger partial charge in [0.2, 0.25) is 0 Å². The number of halogens is 1. The molecule has 0 radical (unpaired) electrons. The number of carbonyl (C=O) groups is 2. The summed E-state index contributed by atoms with van der Waals surface area (Å²) in [5.41, 5.74) is 4.59. The van der Waals surface area contributed by atoms with Gasteiger partial charge in [-0.1, -0.05) is 35.9 Å². The van der Waals surface area contributed by atoms with E-state index in [-0.39, 0.29) is 11.3 Å². The number of hydrogen-bond acceptors (Lipinski definition) is 4. The van der Waals surface area contributed by atoms with Gasteiger partial charge in [-0.25, -0.2) is 9.18 Å². The number of methoxy groups -OCH3 is 1. The van der Waals surface area contributed by atoms with Gasteiger partial charge >= 0.3 is 5.97 Å². The zero-order valence-electron chi connectivity index (χ0n) is 22.0. The molecule has 3 aromatic rings. The number of hydrogen-bond donors (Lipinski definition) is 1. The molecule has 0 aliphatic carbocycles. The molecule has 0 fully saturated rings. The van der Waals surface area contributed by atoms with Gasteiger partial charge < -0.3 is 19.5 Å². The van der Waals surface area contributed by atoms with E-state index >= 15 is 0 Å². The van der Waals surface area contributed by atoms with Gasteiger partial charge in [-0.2, -0.15) is 0 Å². The molecule has 4 rings (SSSR count). The molecule has 6 nitrogen and oxygen atoms in total. The first-order chi connectivity index (χ1) is 17.4. The van der Waals surface area contributed by atoms with Crippen LogP contribution < -0.4 is 9.64 Å². The van der Waals surface area contributed by atoms with Crippen LogP contribution in [0.2, 0.25) is 0 Å². The van der Waals surface area contributed by atoms with Gasteiger partial charge in [0.15, 0.2) is 17.7 Å². The number of benzene rings is 3. The van der Waals surface area contributed by atoms with Crippen LogP contribution in [0.15, 0.2) is 48.5 Å². The molecule has 0 saturated carbocycles. The Labute approximate surface area is 216 Å². The van der Waals surface area contributed by atoms with E-state index < -0.39 is 29.4 Å². The molecule has 0 saturated heterocycles. The summed E-state index contributed by atoms with van der Waals surface area (Å²) in [7, 11) is 1.36. The monoisotopic (exact) mass is 505 g/mol. The van der Waals surface area contributed by atoms with Gasteiger partial charge in [0, 0.05) is 17.8 Å². The highest BCUT2D eigenvalue weighted by Crippen LogP contribution is 2.45. The Balaban J connectivity index is 1.93. The second kappa shape index (κ2) is 9.98. The van der Waals surface area contributed by atoms with Gasteiger partial charge in [0.25, 0.3) is 5.91 Å². The Morgan fingerprint density at radius 3 is 2.35 bits per heavy atom. The topological polar surface area (TPSA) is 76.1 Å². The maximum Gasteiger partial charge on any atom is 0.337 e. The number of amides is 1. The van der Waals surface area contributed by atoms with Crippen molar-refractivity contribution < 1.29 is 28.6 Å². The van der Waals surface area contributed by atoms with Crippen LogP contribution in [0.4, 0.5) is 10.1 Å². The summed E-state index contributed by atoms with van der Waals surface area (Å²) >= 11 is 0. The third-order valence-corrected chi connectivity index (χ3v) is 6.49. The van der Waals surface area contributed by atoms with Crippen LogP contribution in [-0.4, -0.2) is 36.2 Å². The molecule has 0 unspecified atom stereocenters.